The number of carboxylic acids is 1. The van der Waals surface area contributed by atoms with Gasteiger partial charge in [0, 0.05) is 42.0 Å². The molecule has 9 heteroatoms. The van der Waals surface area contributed by atoms with Crippen molar-refractivity contribution in [3.8, 4) is 0 Å². The van der Waals surface area contributed by atoms with Crippen molar-refractivity contribution in [1.82, 2.24) is 0 Å². The summed E-state index contributed by atoms with van der Waals surface area (Å²) >= 11 is 1.64. The van der Waals surface area contributed by atoms with Crippen molar-refractivity contribution in [1.29, 1.82) is 0 Å². The second-order valence-electron chi connectivity index (χ2n) is 9.13. The van der Waals surface area contributed by atoms with Crippen LogP contribution >= 0.6 is 11.8 Å². The fourth-order valence-corrected chi connectivity index (χ4v) is 4.98. The van der Waals surface area contributed by atoms with Crippen molar-refractivity contribution in [2.24, 2.45) is 0 Å². The van der Waals surface area contributed by atoms with Crippen LogP contribution in [0.4, 0.5) is 5.69 Å². The maximum Gasteiger partial charge on any atom is 0.303 e. The first-order valence-electron chi connectivity index (χ1n) is 12.8. The van der Waals surface area contributed by atoms with Gasteiger partial charge in [-0.1, -0.05) is 49.2 Å². The van der Waals surface area contributed by atoms with Crippen LogP contribution in [0.3, 0.4) is 0 Å². The number of hydrogen-bond donors (Lipinski definition) is 4. The Kier molecular flexibility index (Phi) is 12.4. The number of amides is 1. The molecule has 1 heterocycles. The summed E-state index contributed by atoms with van der Waals surface area (Å²) in [6.07, 6.45) is 3.31. The van der Waals surface area contributed by atoms with Gasteiger partial charge in [-0.05, 0) is 36.1 Å². The Morgan fingerprint density at radius 1 is 0.946 bits per heavy atom. The van der Waals surface area contributed by atoms with Crippen LogP contribution < -0.4 is 5.32 Å². The number of unbranched alkanes of at least 4 members (excludes halogenated alkanes) is 3. The number of carboxylic acid groups (broad SMARTS) is 1. The number of carbonyl (C=O) groups excluding carboxylic acids is 1. The number of ether oxygens (including phenoxy) is 2. The predicted octanol–water partition coefficient (Wildman–Crippen LogP) is 4.81. The van der Waals surface area contributed by atoms with E-state index in [4.69, 9.17) is 19.7 Å². The summed E-state index contributed by atoms with van der Waals surface area (Å²) in [6, 6.07) is 15.2. The van der Waals surface area contributed by atoms with Crippen molar-refractivity contribution in [3.05, 3.63) is 65.2 Å². The molecular weight excluding hydrogens is 494 g/mol. The van der Waals surface area contributed by atoms with Crippen LogP contribution in [0.1, 0.15) is 74.0 Å². The summed E-state index contributed by atoms with van der Waals surface area (Å²) in [5, 5.41) is 30.1. The molecule has 0 aromatic heterocycles. The van der Waals surface area contributed by atoms with Gasteiger partial charge in [-0.2, -0.15) is 11.8 Å². The molecule has 3 rings (SSSR count). The van der Waals surface area contributed by atoms with Gasteiger partial charge in [0.05, 0.1) is 25.4 Å². The van der Waals surface area contributed by atoms with Crippen LogP contribution in [0.2, 0.25) is 0 Å². The predicted molar refractivity (Wildman–Crippen MR) is 143 cm³/mol. The minimum atomic E-state index is -0.787. The first-order chi connectivity index (χ1) is 18.0. The molecule has 202 valence electrons. The molecule has 0 aliphatic carbocycles. The van der Waals surface area contributed by atoms with Crippen molar-refractivity contribution in [2.75, 3.05) is 23.4 Å². The molecule has 1 aliphatic rings. The summed E-state index contributed by atoms with van der Waals surface area (Å²) in [7, 11) is 0. The highest BCUT2D eigenvalue weighted by Gasteiger charge is 2.32. The summed E-state index contributed by atoms with van der Waals surface area (Å²) in [5.74, 6) is 0.502. The van der Waals surface area contributed by atoms with E-state index in [1.54, 1.807) is 11.8 Å². The van der Waals surface area contributed by atoms with Crippen LogP contribution in [0.5, 0.6) is 0 Å². The molecule has 1 saturated heterocycles. The molecule has 1 aliphatic heterocycles. The Balaban J connectivity index is 1.61. The molecule has 0 unspecified atom stereocenters. The first kappa shape index (κ1) is 29.1. The Morgan fingerprint density at radius 3 is 2.41 bits per heavy atom. The maximum atomic E-state index is 12.4. The normalized spacial score (nSPS) is 19.5. The van der Waals surface area contributed by atoms with Crippen LogP contribution in [-0.4, -0.2) is 51.4 Å². The van der Waals surface area contributed by atoms with E-state index < -0.39 is 12.3 Å². The van der Waals surface area contributed by atoms with Gasteiger partial charge in [0.1, 0.15) is 0 Å². The molecule has 37 heavy (non-hydrogen) atoms. The minimum absolute atomic E-state index is 0.0127. The zero-order chi connectivity index (χ0) is 26.5. The van der Waals surface area contributed by atoms with Gasteiger partial charge in [0.15, 0.2) is 6.29 Å². The largest absolute Gasteiger partial charge is 0.481 e. The van der Waals surface area contributed by atoms with Crippen LogP contribution in [0.25, 0.3) is 0 Å². The van der Waals surface area contributed by atoms with E-state index in [9.17, 15) is 14.7 Å². The highest BCUT2D eigenvalue weighted by Crippen LogP contribution is 2.39. The second-order valence-corrected chi connectivity index (χ2v) is 10.3. The number of rotatable bonds is 15. The van der Waals surface area contributed by atoms with Gasteiger partial charge in [0.2, 0.25) is 5.91 Å². The molecule has 2 aromatic rings. The third-order valence-corrected chi connectivity index (χ3v) is 7.22. The molecule has 4 N–H and O–H groups in total. The molecule has 0 saturated carbocycles. The molecule has 1 fully saturated rings. The summed E-state index contributed by atoms with van der Waals surface area (Å²) in [4.78, 5) is 23.0. The minimum Gasteiger partial charge on any atom is -0.481 e. The third kappa shape index (κ3) is 10.1. The van der Waals surface area contributed by atoms with Gasteiger partial charge in [0.25, 0.3) is 0 Å². The molecule has 1 amide bonds. The molecule has 0 spiro atoms. The number of aliphatic hydroxyl groups excluding tert-OH is 2. The van der Waals surface area contributed by atoms with Gasteiger partial charge in [-0.15, -0.1) is 0 Å². The Bertz CT molecular complexity index is 985. The summed E-state index contributed by atoms with van der Waals surface area (Å²) in [5.41, 5.74) is 3.32. The van der Waals surface area contributed by atoms with Gasteiger partial charge in [-0.3, -0.25) is 9.59 Å². The Labute approximate surface area is 222 Å². The van der Waals surface area contributed by atoms with Gasteiger partial charge in [-0.25, -0.2) is 0 Å². The Hall–Kier alpha value is -2.43. The number of thioether (sulfide) groups is 1. The zero-order valence-corrected chi connectivity index (χ0v) is 21.8. The van der Waals surface area contributed by atoms with Crippen molar-refractivity contribution >= 4 is 29.3 Å². The molecule has 3 atom stereocenters. The smallest absolute Gasteiger partial charge is 0.303 e. The van der Waals surface area contributed by atoms with Crippen molar-refractivity contribution in [2.45, 2.75) is 70.1 Å². The van der Waals surface area contributed by atoms with Crippen molar-refractivity contribution < 1.29 is 34.4 Å². The lowest BCUT2D eigenvalue weighted by atomic mass is 10.0. The zero-order valence-electron chi connectivity index (χ0n) is 21.0. The summed E-state index contributed by atoms with van der Waals surface area (Å²) in [6.45, 7) is 0.106. The van der Waals surface area contributed by atoms with E-state index >= 15 is 0 Å². The highest BCUT2D eigenvalue weighted by atomic mass is 32.2. The lowest BCUT2D eigenvalue weighted by Crippen LogP contribution is -2.31. The number of nitrogens with one attached hydrogen (secondary N) is 1. The maximum absolute atomic E-state index is 12.4. The fourth-order valence-electron chi connectivity index (χ4n) is 4.20. The number of hydrogen-bond acceptors (Lipinski definition) is 7. The lowest BCUT2D eigenvalue weighted by Gasteiger charge is -2.36. The van der Waals surface area contributed by atoms with Crippen LogP contribution in [0, 0.1) is 0 Å². The van der Waals surface area contributed by atoms with E-state index in [0.717, 1.165) is 35.3 Å². The number of benzene rings is 2. The Morgan fingerprint density at radius 2 is 1.70 bits per heavy atom. The molecular formula is C28H37NO7S. The fraction of sp³-hybridized carbons (Fsp3) is 0.500. The van der Waals surface area contributed by atoms with E-state index in [0.29, 0.717) is 37.1 Å². The van der Waals surface area contributed by atoms with Crippen molar-refractivity contribution in [3.63, 3.8) is 0 Å². The second kappa shape index (κ2) is 15.7. The monoisotopic (exact) mass is 531 g/mol. The average molecular weight is 532 g/mol. The standard InChI is InChI=1S/C28H37NO7S/c30-14-15-37-19-24-17-25(21-12-10-20(18-31)11-13-21)36-28(35-24)22-6-5-7-23(16-22)29-26(32)8-3-1-2-4-9-27(33)34/h5-7,10-13,16,24-25,28,30-31H,1-4,8-9,14-15,17-19H2,(H,29,32)(H,33,34)/t24-,25+,28+/m0/s1. The van der Waals surface area contributed by atoms with Gasteiger partial charge >= 0.3 is 5.97 Å². The third-order valence-electron chi connectivity index (χ3n) is 6.14. The quantitative estimate of drug-likeness (QED) is 0.241. The molecule has 0 radical (unpaired) electrons. The number of aliphatic hydroxyl groups is 2. The van der Waals surface area contributed by atoms with Crippen LogP contribution in [-0.2, 0) is 25.7 Å². The molecule has 0 bridgehead atoms. The summed E-state index contributed by atoms with van der Waals surface area (Å²) < 4.78 is 12.6. The van der Waals surface area contributed by atoms with E-state index in [-0.39, 0.29) is 37.7 Å². The number of aliphatic carboxylic acids is 1. The molecule has 2 aromatic carbocycles. The topological polar surface area (TPSA) is 125 Å². The molecule has 8 nitrogen and oxygen atoms in total. The number of carbonyl (C=O) groups is 2. The van der Waals surface area contributed by atoms with Gasteiger partial charge < -0.3 is 30.1 Å². The first-order valence-corrected chi connectivity index (χ1v) is 13.9. The van der Waals surface area contributed by atoms with E-state index in [1.807, 2.05) is 48.5 Å². The number of anilines is 1. The lowest BCUT2D eigenvalue weighted by molar-refractivity contribution is -0.245. The van der Waals surface area contributed by atoms with Crippen LogP contribution in [0.15, 0.2) is 48.5 Å². The SMILES string of the molecule is O=C(O)CCCCCCC(=O)Nc1cccc([C@@H]2O[C@H](CSCCO)C[C@H](c3ccc(CO)cc3)O2)c1. The average Bonchev–Trinajstić information content (AvgIpc) is 2.90. The van der Waals surface area contributed by atoms with E-state index in [2.05, 4.69) is 5.32 Å². The van der Waals surface area contributed by atoms with E-state index in [1.165, 1.54) is 0 Å². The highest BCUT2D eigenvalue weighted by molar-refractivity contribution is 7.99.